The van der Waals surface area contributed by atoms with Gasteiger partial charge in [-0.1, -0.05) is 6.07 Å². The molecular weight excluding hydrogens is 290 g/mol. The summed E-state index contributed by atoms with van der Waals surface area (Å²) in [7, 11) is -2.17. The number of aryl methyl sites for hydroxylation is 3. The average molecular weight is 307 g/mol. The van der Waals surface area contributed by atoms with E-state index in [1.165, 1.54) is 17.0 Å². The van der Waals surface area contributed by atoms with Crippen LogP contribution in [0.1, 0.15) is 11.1 Å². The van der Waals surface area contributed by atoms with Gasteiger partial charge in [-0.3, -0.25) is 4.79 Å². The molecule has 1 aromatic heterocycles. The summed E-state index contributed by atoms with van der Waals surface area (Å²) in [4.78, 5) is 15.7. The van der Waals surface area contributed by atoms with Gasteiger partial charge in [0.05, 0.1) is 0 Å². The molecule has 2 aromatic rings. The zero-order valence-corrected chi connectivity index (χ0v) is 12.9. The Kier molecular flexibility index (Phi) is 4.13. The van der Waals surface area contributed by atoms with Gasteiger partial charge in [-0.25, -0.2) is 13.4 Å². The first-order chi connectivity index (χ1) is 9.79. The first-order valence-electron chi connectivity index (χ1n) is 6.37. The Labute approximate surface area is 123 Å². The van der Waals surface area contributed by atoms with E-state index in [0.29, 0.717) is 5.69 Å². The number of anilines is 1. The van der Waals surface area contributed by atoms with Crippen molar-refractivity contribution >= 4 is 21.4 Å². The van der Waals surface area contributed by atoms with Gasteiger partial charge in [0.1, 0.15) is 5.75 Å². The number of hydrogen-bond donors (Lipinski definition) is 1. The van der Waals surface area contributed by atoms with Crippen molar-refractivity contribution < 1.29 is 13.2 Å². The fourth-order valence-electron chi connectivity index (χ4n) is 1.90. The van der Waals surface area contributed by atoms with Gasteiger partial charge in [-0.15, -0.1) is 0 Å². The lowest BCUT2D eigenvalue weighted by Crippen LogP contribution is -2.24. The number of nitrogens with one attached hydrogen (secondary N) is 1. The predicted octanol–water partition coefficient (Wildman–Crippen LogP) is 1.45. The van der Waals surface area contributed by atoms with E-state index in [4.69, 9.17) is 0 Å². The predicted molar refractivity (Wildman–Crippen MR) is 79.8 cm³/mol. The van der Waals surface area contributed by atoms with Crippen molar-refractivity contribution in [3.63, 3.8) is 0 Å². The zero-order valence-electron chi connectivity index (χ0n) is 12.1. The summed E-state index contributed by atoms with van der Waals surface area (Å²) in [5.74, 6) is -1.22. The number of carbonyl (C=O) groups is 1. The summed E-state index contributed by atoms with van der Waals surface area (Å²) in [6, 6.07) is 5.42. The maximum Gasteiger partial charge on any atom is 0.240 e. The molecular formula is C14H17N3O3S. The number of sulfone groups is 1. The van der Waals surface area contributed by atoms with Crippen molar-refractivity contribution in [1.82, 2.24) is 9.55 Å². The molecule has 1 N–H and O–H groups in total. The van der Waals surface area contributed by atoms with Crippen LogP contribution in [-0.4, -0.2) is 29.6 Å². The van der Waals surface area contributed by atoms with Gasteiger partial charge < -0.3 is 9.88 Å². The Morgan fingerprint density at radius 2 is 2.00 bits per heavy atom. The van der Waals surface area contributed by atoms with Crippen LogP contribution >= 0.6 is 0 Å². The van der Waals surface area contributed by atoms with Gasteiger partial charge in [-0.2, -0.15) is 0 Å². The van der Waals surface area contributed by atoms with Gasteiger partial charge in [-0.05, 0) is 37.1 Å². The molecule has 0 aliphatic rings. The zero-order chi connectivity index (χ0) is 15.6. The van der Waals surface area contributed by atoms with Crippen LogP contribution in [0.25, 0.3) is 0 Å². The molecule has 0 fully saturated rings. The molecule has 1 aromatic carbocycles. The summed E-state index contributed by atoms with van der Waals surface area (Å²) >= 11 is 0. The van der Waals surface area contributed by atoms with Gasteiger partial charge in [0, 0.05) is 25.1 Å². The van der Waals surface area contributed by atoms with Crippen LogP contribution in [0, 0.1) is 13.8 Å². The van der Waals surface area contributed by atoms with Gasteiger partial charge in [0.15, 0.2) is 0 Å². The van der Waals surface area contributed by atoms with E-state index in [0.717, 1.165) is 11.1 Å². The highest BCUT2D eigenvalue weighted by molar-refractivity contribution is 7.92. The molecule has 0 saturated carbocycles. The Morgan fingerprint density at radius 1 is 1.29 bits per heavy atom. The van der Waals surface area contributed by atoms with Gasteiger partial charge in [0.2, 0.25) is 20.9 Å². The number of hydrogen-bond acceptors (Lipinski definition) is 4. The normalized spacial score (nSPS) is 11.4. The summed E-state index contributed by atoms with van der Waals surface area (Å²) in [5, 5.41) is 2.48. The van der Waals surface area contributed by atoms with Crippen LogP contribution in [0.3, 0.4) is 0 Å². The first kappa shape index (κ1) is 15.2. The van der Waals surface area contributed by atoms with E-state index in [-0.39, 0.29) is 5.16 Å². The standard InChI is InChI=1S/C14H17N3O3S/c1-10-4-5-12(8-11(10)2)16-13(18)9-21(19,20)14-15-6-7-17(14)3/h4-8H,9H2,1-3H3,(H,16,18). The second kappa shape index (κ2) is 5.69. The lowest BCUT2D eigenvalue weighted by Gasteiger charge is -2.08. The second-order valence-electron chi connectivity index (χ2n) is 4.93. The lowest BCUT2D eigenvalue weighted by atomic mass is 10.1. The van der Waals surface area contributed by atoms with Crippen molar-refractivity contribution in [3.8, 4) is 0 Å². The summed E-state index contributed by atoms with van der Waals surface area (Å²) in [5.41, 5.74) is 2.71. The number of rotatable bonds is 4. The van der Waals surface area contributed by atoms with Crippen molar-refractivity contribution in [3.05, 3.63) is 41.7 Å². The number of amides is 1. The molecule has 0 unspecified atom stereocenters. The highest BCUT2D eigenvalue weighted by atomic mass is 32.2. The molecule has 2 rings (SSSR count). The molecule has 0 bridgehead atoms. The smallest absolute Gasteiger partial charge is 0.240 e. The molecule has 0 radical (unpaired) electrons. The summed E-state index contributed by atoms with van der Waals surface area (Å²) < 4.78 is 25.6. The Balaban J connectivity index is 2.11. The summed E-state index contributed by atoms with van der Waals surface area (Å²) in [6.07, 6.45) is 2.91. The Bertz CT molecular complexity index is 779. The molecule has 0 aliphatic carbocycles. The topological polar surface area (TPSA) is 81.1 Å². The molecule has 6 nitrogen and oxygen atoms in total. The molecule has 0 spiro atoms. The molecule has 0 aliphatic heterocycles. The van der Waals surface area contributed by atoms with Crippen molar-refractivity contribution in [2.45, 2.75) is 19.0 Å². The minimum absolute atomic E-state index is 0.113. The molecule has 0 saturated heterocycles. The molecule has 7 heteroatoms. The van der Waals surface area contributed by atoms with Crippen LogP contribution in [0.4, 0.5) is 5.69 Å². The number of benzene rings is 1. The van der Waals surface area contributed by atoms with E-state index in [1.54, 1.807) is 19.2 Å². The molecule has 1 heterocycles. The minimum atomic E-state index is -3.75. The largest absolute Gasteiger partial charge is 0.325 e. The van der Waals surface area contributed by atoms with Crippen LogP contribution in [0.15, 0.2) is 35.7 Å². The Morgan fingerprint density at radius 3 is 2.57 bits per heavy atom. The number of nitrogens with zero attached hydrogens (tertiary/aromatic N) is 2. The minimum Gasteiger partial charge on any atom is -0.325 e. The fraction of sp³-hybridized carbons (Fsp3) is 0.286. The molecule has 0 atom stereocenters. The van der Waals surface area contributed by atoms with Gasteiger partial charge >= 0.3 is 0 Å². The summed E-state index contributed by atoms with van der Waals surface area (Å²) in [6.45, 7) is 3.89. The monoisotopic (exact) mass is 307 g/mol. The fourth-order valence-corrected chi connectivity index (χ4v) is 3.17. The average Bonchev–Trinajstić information content (AvgIpc) is 2.80. The molecule has 1 amide bonds. The third-order valence-corrected chi connectivity index (χ3v) is 4.76. The van der Waals surface area contributed by atoms with E-state index < -0.39 is 21.5 Å². The quantitative estimate of drug-likeness (QED) is 0.927. The van der Waals surface area contributed by atoms with Crippen molar-refractivity contribution in [1.29, 1.82) is 0 Å². The van der Waals surface area contributed by atoms with E-state index in [2.05, 4.69) is 10.3 Å². The third kappa shape index (κ3) is 3.49. The maximum atomic E-state index is 12.1. The van der Waals surface area contributed by atoms with Crippen molar-refractivity contribution in [2.24, 2.45) is 7.05 Å². The third-order valence-electron chi connectivity index (χ3n) is 3.17. The highest BCUT2D eigenvalue weighted by Gasteiger charge is 2.23. The lowest BCUT2D eigenvalue weighted by molar-refractivity contribution is -0.113. The number of imidazole rings is 1. The number of carbonyl (C=O) groups excluding carboxylic acids is 1. The van der Waals surface area contributed by atoms with E-state index in [1.807, 2.05) is 19.9 Å². The Hall–Kier alpha value is -2.15. The van der Waals surface area contributed by atoms with Crippen LogP contribution in [-0.2, 0) is 21.7 Å². The molecule has 112 valence electrons. The molecule has 21 heavy (non-hydrogen) atoms. The van der Waals surface area contributed by atoms with Crippen molar-refractivity contribution in [2.75, 3.05) is 11.1 Å². The van der Waals surface area contributed by atoms with Crippen LogP contribution in [0.5, 0.6) is 0 Å². The SMILES string of the molecule is Cc1ccc(NC(=O)CS(=O)(=O)c2nccn2C)cc1C. The van der Waals surface area contributed by atoms with E-state index >= 15 is 0 Å². The van der Waals surface area contributed by atoms with Crippen LogP contribution in [0.2, 0.25) is 0 Å². The van der Waals surface area contributed by atoms with Gasteiger partial charge in [0.25, 0.3) is 0 Å². The highest BCUT2D eigenvalue weighted by Crippen LogP contribution is 2.15. The van der Waals surface area contributed by atoms with Crippen LogP contribution < -0.4 is 5.32 Å². The van der Waals surface area contributed by atoms with E-state index in [9.17, 15) is 13.2 Å². The second-order valence-corrected chi connectivity index (χ2v) is 6.81. The number of aromatic nitrogens is 2. The first-order valence-corrected chi connectivity index (χ1v) is 8.02. The maximum absolute atomic E-state index is 12.1.